The molecule has 1 N–H and O–H groups in total. The molecule has 0 unspecified atom stereocenters. The lowest BCUT2D eigenvalue weighted by atomic mass is 9.91. The van der Waals surface area contributed by atoms with Gasteiger partial charge in [0.25, 0.3) is 0 Å². The van der Waals surface area contributed by atoms with Crippen LogP contribution in [0.25, 0.3) is 0 Å². The molecule has 0 bridgehead atoms. The van der Waals surface area contributed by atoms with E-state index >= 15 is 0 Å². The highest BCUT2D eigenvalue weighted by Crippen LogP contribution is 2.54. The number of fused-ring (bicyclic) bond motifs is 5. The van der Waals surface area contributed by atoms with E-state index in [2.05, 4.69) is 53.6 Å². The molecule has 1 fully saturated rings. The summed E-state index contributed by atoms with van der Waals surface area (Å²) in [5.41, 5.74) is 5.21. The molecule has 5 aromatic rings. The number of benzene rings is 5. The summed E-state index contributed by atoms with van der Waals surface area (Å²) >= 11 is 0. The van der Waals surface area contributed by atoms with Crippen molar-refractivity contribution in [2.75, 3.05) is 0 Å². The van der Waals surface area contributed by atoms with Crippen LogP contribution in [0.1, 0.15) is 39.9 Å². The molecule has 0 spiro atoms. The topological polar surface area (TPSA) is 54.0 Å². The summed E-state index contributed by atoms with van der Waals surface area (Å²) in [6.45, 7) is 1.55. The van der Waals surface area contributed by atoms with E-state index in [1.165, 1.54) is 0 Å². The van der Waals surface area contributed by atoms with E-state index in [1.54, 1.807) is 0 Å². The van der Waals surface area contributed by atoms with Gasteiger partial charge in [0.2, 0.25) is 0 Å². The Hall–Kier alpha value is -4.64. The van der Waals surface area contributed by atoms with Crippen molar-refractivity contribution < 1.29 is 13.8 Å². The zero-order valence-electron chi connectivity index (χ0n) is 23.6. The van der Waals surface area contributed by atoms with Crippen molar-refractivity contribution in [3.8, 4) is 11.5 Å². The molecule has 7 heteroatoms. The summed E-state index contributed by atoms with van der Waals surface area (Å²) in [6.07, 6.45) is 0. The Labute approximate surface area is 253 Å². The monoisotopic (exact) mass is 585 g/mol. The molecule has 43 heavy (non-hydrogen) atoms. The average Bonchev–Trinajstić information content (AvgIpc) is 3.34. The van der Waals surface area contributed by atoms with Crippen molar-refractivity contribution in [3.63, 3.8) is 0 Å². The third-order valence-electron chi connectivity index (χ3n) is 7.95. The van der Waals surface area contributed by atoms with E-state index in [0.717, 1.165) is 27.8 Å². The predicted molar refractivity (Wildman–Crippen MR) is 169 cm³/mol. The van der Waals surface area contributed by atoms with Crippen LogP contribution in [0.4, 0.5) is 4.79 Å². The van der Waals surface area contributed by atoms with Crippen molar-refractivity contribution in [2.24, 2.45) is 0 Å². The molecule has 2 heterocycles. The first kappa shape index (κ1) is 27.2. The van der Waals surface area contributed by atoms with Gasteiger partial charge in [0.1, 0.15) is 11.5 Å². The lowest BCUT2D eigenvalue weighted by Crippen LogP contribution is -2.32. The van der Waals surface area contributed by atoms with Gasteiger partial charge in [0.15, 0.2) is 0 Å². The van der Waals surface area contributed by atoms with Gasteiger partial charge in [-0.2, -0.15) is 0 Å². The molecule has 0 radical (unpaired) electrons. The van der Waals surface area contributed by atoms with Gasteiger partial charge in [-0.05, 0) is 28.8 Å². The van der Waals surface area contributed by atoms with Crippen LogP contribution in [0.2, 0.25) is 0 Å². The third kappa shape index (κ3) is 5.72. The molecule has 2 aliphatic heterocycles. The average molecular weight is 586 g/mol. The first-order chi connectivity index (χ1) is 21.2. The molecule has 2 aliphatic rings. The molecule has 0 aromatic heterocycles. The van der Waals surface area contributed by atoms with Crippen LogP contribution in [0, 0.1) is 0 Å². The highest BCUT2D eigenvalue weighted by Gasteiger charge is 2.49. The molecule has 1 saturated heterocycles. The van der Waals surface area contributed by atoms with Crippen LogP contribution in [0.15, 0.2) is 140 Å². The normalized spacial score (nSPS) is 17.9. The Morgan fingerprint density at radius 2 is 0.930 bits per heavy atom. The summed E-state index contributed by atoms with van der Waals surface area (Å²) in [5, 5.41) is 3.52. The summed E-state index contributed by atoms with van der Waals surface area (Å²) in [4.78, 5) is 18.5. The Bertz CT molecular complexity index is 1580. The Morgan fingerprint density at radius 1 is 0.535 bits per heavy atom. The van der Waals surface area contributed by atoms with E-state index in [0.29, 0.717) is 31.1 Å². The van der Waals surface area contributed by atoms with Crippen molar-refractivity contribution in [2.45, 2.75) is 31.7 Å². The number of carbonyl (C=O) groups excluding carboxylic acids is 1. The molecule has 0 saturated carbocycles. The smallest absolute Gasteiger partial charge is 0.381 e. The number of urea groups is 1. The van der Waals surface area contributed by atoms with E-state index < -0.39 is 8.53 Å². The van der Waals surface area contributed by atoms with Gasteiger partial charge in [0, 0.05) is 30.8 Å². The maximum absolute atomic E-state index is 14.5. The molecule has 214 valence electrons. The molecule has 6 nitrogen and oxygen atoms in total. The van der Waals surface area contributed by atoms with Crippen LogP contribution < -0.4 is 14.1 Å². The molecular formula is C36H32N3O3P. The molecule has 5 aromatic carbocycles. The van der Waals surface area contributed by atoms with Crippen molar-refractivity contribution >= 4 is 14.6 Å². The minimum absolute atomic E-state index is 0.0163. The lowest BCUT2D eigenvalue weighted by Gasteiger charge is -2.29. The van der Waals surface area contributed by atoms with Crippen LogP contribution in [-0.4, -0.2) is 15.8 Å². The molecular weight excluding hydrogens is 553 g/mol. The zero-order valence-corrected chi connectivity index (χ0v) is 24.5. The van der Waals surface area contributed by atoms with Gasteiger partial charge in [-0.15, -0.1) is 0 Å². The van der Waals surface area contributed by atoms with Gasteiger partial charge < -0.3 is 18.8 Å². The fourth-order valence-electron chi connectivity index (χ4n) is 5.94. The van der Waals surface area contributed by atoms with E-state index in [4.69, 9.17) is 9.05 Å². The van der Waals surface area contributed by atoms with Gasteiger partial charge >= 0.3 is 14.6 Å². The molecule has 2 atom stereocenters. The minimum Gasteiger partial charge on any atom is -0.427 e. The number of rotatable bonds is 7. The quantitative estimate of drug-likeness (QED) is 0.195. The lowest BCUT2D eigenvalue weighted by molar-refractivity contribution is 0.180. The summed E-state index contributed by atoms with van der Waals surface area (Å²) in [7, 11) is -1.56. The first-order valence-electron chi connectivity index (χ1n) is 14.5. The zero-order chi connectivity index (χ0) is 29.0. The predicted octanol–water partition coefficient (Wildman–Crippen LogP) is 8.39. The first-order valence-corrected chi connectivity index (χ1v) is 15.7. The van der Waals surface area contributed by atoms with Crippen LogP contribution in [0.3, 0.4) is 0 Å². The summed E-state index contributed by atoms with van der Waals surface area (Å²) in [5.74, 6) is 1.42. The number of para-hydroxylation sites is 2. The van der Waals surface area contributed by atoms with Gasteiger partial charge in [-0.3, -0.25) is 0 Å². The number of hydrogen-bond donors (Lipinski definition) is 1. The standard InChI is InChI=1S/C36H32N3O3P/c40-36-38(25-28-16-6-2-7-17-28)34-30-20-10-12-22-32(30)41-43(37-24-27-14-4-1-5-15-27)42-33-23-13-11-21-31(33)35(34)39(36)26-29-18-8-3-9-19-29/h1-23,34-35,37H,24-26H2/t34-,35-/m1/s1. The van der Waals surface area contributed by atoms with Gasteiger partial charge in [-0.25, -0.2) is 9.88 Å². The van der Waals surface area contributed by atoms with Gasteiger partial charge in [0.05, 0.1) is 12.1 Å². The highest BCUT2D eigenvalue weighted by atomic mass is 31.2. The van der Waals surface area contributed by atoms with E-state index in [-0.39, 0.29) is 18.1 Å². The number of nitrogens with one attached hydrogen (secondary N) is 1. The fraction of sp³-hybridized carbons (Fsp3) is 0.139. The second kappa shape index (κ2) is 12.3. The minimum atomic E-state index is -1.56. The number of amides is 2. The SMILES string of the molecule is O=C1N(Cc2ccccc2)[C@@H]2c3ccccc3OP(NCc3ccccc3)Oc3ccccc3[C@H]2N1Cc1ccccc1. The van der Waals surface area contributed by atoms with Crippen LogP contribution >= 0.6 is 8.53 Å². The third-order valence-corrected chi connectivity index (χ3v) is 9.09. The highest BCUT2D eigenvalue weighted by molar-refractivity contribution is 7.45. The fourth-order valence-corrected chi connectivity index (χ4v) is 7.11. The number of carbonyl (C=O) groups is 1. The Kier molecular flexibility index (Phi) is 7.79. The van der Waals surface area contributed by atoms with Crippen molar-refractivity contribution in [1.29, 1.82) is 0 Å². The molecule has 7 rings (SSSR count). The number of nitrogens with zero attached hydrogens (tertiary/aromatic N) is 2. The van der Waals surface area contributed by atoms with Crippen molar-refractivity contribution in [1.82, 2.24) is 14.9 Å². The van der Waals surface area contributed by atoms with Crippen molar-refractivity contribution in [3.05, 3.63) is 167 Å². The maximum atomic E-state index is 14.5. The molecule has 0 aliphatic carbocycles. The Morgan fingerprint density at radius 3 is 1.40 bits per heavy atom. The van der Waals surface area contributed by atoms with E-state index in [9.17, 15) is 4.79 Å². The number of hydrogen-bond acceptors (Lipinski definition) is 4. The molecule has 2 amide bonds. The van der Waals surface area contributed by atoms with Crippen LogP contribution in [0.5, 0.6) is 11.5 Å². The van der Waals surface area contributed by atoms with Gasteiger partial charge in [-0.1, -0.05) is 127 Å². The second-order valence-electron chi connectivity index (χ2n) is 10.7. The second-order valence-corrected chi connectivity index (χ2v) is 11.9. The maximum Gasteiger partial charge on any atom is 0.381 e. The summed E-state index contributed by atoms with van der Waals surface area (Å²) < 4.78 is 13.3. The summed E-state index contributed by atoms with van der Waals surface area (Å²) in [6, 6.07) is 46.1. The largest absolute Gasteiger partial charge is 0.427 e. The van der Waals surface area contributed by atoms with Crippen LogP contribution in [-0.2, 0) is 19.6 Å². The Balaban J connectivity index is 1.35. The van der Waals surface area contributed by atoms with E-state index in [1.807, 2.05) is 101 Å².